The van der Waals surface area contributed by atoms with Crippen molar-refractivity contribution in [3.8, 4) is 0 Å². The second-order valence-electron chi connectivity index (χ2n) is 5.06. The Kier molecular flexibility index (Phi) is 6.27. The molecule has 0 saturated heterocycles. The first-order chi connectivity index (χ1) is 9.90. The molecule has 0 aliphatic heterocycles. The van der Waals surface area contributed by atoms with Crippen LogP contribution < -0.4 is 0 Å². The Bertz CT molecular complexity index is 459. The van der Waals surface area contributed by atoms with Gasteiger partial charge in [0.2, 0.25) is 0 Å². The molecule has 0 amide bonds. The van der Waals surface area contributed by atoms with E-state index in [1.807, 2.05) is 6.92 Å². The van der Waals surface area contributed by atoms with Crippen LogP contribution in [0.15, 0.2) is 24.3 Å². The Morgan fingerprint density at radius 3 is 2.24 bits per heavy atom. The molecule has 0 aromatic heterocycles. The number of aliphatic hydroxyl groups is 1. The number of hydrogen-bond donors (Lipinski definition) is 1. The van der Waals surface area contributed by atoms with Gasteiger partial charge in [0.05, 0.1) is 7.11 Å². The van der Waals surface area contributed by atoms with Crippen molar-refractivity contribution in [3.05, 3.63) is 35.4 Å². The molecule has 0 saturated carbocycles. The lowest BCUT2D eigenvalue weighted by Crippen LogP contribution is -2.44. The number of carbonyl (C=O) groups excluding carboxylic acids is 1. The van der Waals surface area contributed by atoms with Crippen molar-refractivity contribution < 1.29 is 23.4 Å². The zero-order valence-corrected chi connectivity index (χ0v) is 12.6. The van der Waals surface area contributed by atoms with Gasteiger partial charge in [-0.25, -0.2) is 8.78 Å². The Hall–Kier alpha value is -1.49. The fourth-order valence-electron chi connectivity index (χ4n) is 2.49. The summed E-state index contributed by atoms with van der Waals surface area (Å²) < 4.78 is 30.9. The van der Waals surface area contributed by atoms with Crippen LogP contribution in [-0.4, -0.2) is 24.6 Å². The normalized spacial score (nSPS) is 15.6. The first-order valence-corrected chi connectivity index (χ1v) is 7.08. The van der Waals surface area contributed by atoms with E-state index in [9.17, 15) is 18.7 Å². The number of hydrogen-bond acceptors (Lipinski definition) is 3. The maximum Gasteiger partial charge on any atom is 0.317 e. The van der Waals surface area contributed by atoms with Gasteiger partial charge in [-0.3, -0.25) is 4.79 Å². The number of rotatable bonds is 7. The van der Waals surface area contributed by atoms with Crippen molar-refractivity contribution in [2.24, 2.45) is 5.92 Å². The highest BCUT2D eigenvalue weighted by Gasteiger charge is 2.48. The van der Waals surface area contributed by atoms with Gasteiger partial charge in [0.1, 0.15) is 5.60 Å². The molecule has 0 spiro atoms. The summed E-state index contributed by atoms with van der Waals surface area (Å²) in [6, 6.07) is 6.79. The molecule has 0 bridgehead atoms. The molecule has 2 unspecified atom stereocenters. The lowest BCUT2D eigenvalue weighted by molar-refractivity contribution is -0.170. The topological polar surface area (TPSA) is 46.5 Å². The molecule has 21 heavy (non-hydrogen) atoms. The maximum absolute atomic E-state index is 13.2. The molecule has 1 aromatic carbocycles. The molecular formula is C16H22F2O3. The average Bonchev–Trinajstić information content (AvgIpc) is 2.47. The lowest BCUT2D eigenvalue weighted by atomic mass is 9.79. The summed E-state index contributed by atoms with van der Waals surface area (Å²) in [4.78, 5) is 11.6. The summed E-state index contributed by atoms with van der Waals surface area (Å²) in [5.41, 5.74) is -0.571. The van der Waals surface area contributed by atoms with Gasteiger partial charge in [-0.15, -0.1) is 0 Å². The summed E-state index contributed by atoms with van der Waals surface area (Å²) in [7, 11) is 1.04. The monoisotopic (exact) mass is 300 g/mol. The van der Waals surface area contributed by atoms with Crippen molar-refractivity contribution >= 4 is 5.97 Å². The fourth-order valence-corrected chi connectivity index (χ4v) is 2.49. The molecule has 0 aliphatic rings. The second kappa shape index (κ2) is 7.50. The van der Waals surface area contributed by atoms with Crippen molar-refractivity contribution in [2.75, 3.05) is 7.11 Å². The van der Waals surface area contributed by atoms with E-state index in [-0.39, 0.29) is 6.42 Å². The third kappa shape index (κ3) is 3.79. The molecule has 1 N–H and O–H groups in total. The molecule has 1 rings (SSSR count). The molecule has 5 heteroatoms. The minimum absolute atomic E-state index is 0.00969. The molecule has 0 fully saturated rings. The van der Waals surface area contributed by atoms with Crippen molar-refractivity contribution in [3.63, 3.8) is 0 Å². The quantitative estimate of drug-likeness (QED) is 0.786. The molecule has 0 aliphatic carbocycles. The number of methoxy groups -OCH3 is 1. The highest BCUT2D eigenvalue weighted by atomic mass is 19.3. The standard InChI is InChI=1S/C16H22F2O3/c1-4-6-11-7-9-12(10-8-11)16(20,5-2)13(14(17)18)15(19)21-3/h7-10,13-14,20H,4-6H2,1-3H3. The number of benzene rings is 1. The molecule has 1 aromatic rings. The van der Waals surface area contributed by atoms with Crippen LogP contribution in [0.1, 0.15) is 37.8 Å². The zero-order valence-electron chi connectivity index (χ0n) is 12.6. The van der Waals surface area contributed by atoms with E-state index < -0.39 is 23.9 Å². The maximum atomic E-state index is 13.2. The number of halogens is 2. The van der Waals surface area contributed by atoms with Gasteiger partial charge in [-0.2, -0.15) is 0 Å². The van der Waals surface area contributed by atoms with Gasteiger partial charge in [0, 0.05) is 0 Å². The summed E-state index contributed by atoms with van der Waals surface area (Å²) in [5, 5.41) is 10.7. The van der Waals surface area contributed by atoms with Crippen LogP contribution in [0.2, 0.25) is 0 Å². The predicted octanol–water partition coefficient (Wildman–Crippen LogP) is 3.29. The fraction of sp³-hybridized carbons (Fsp3) is 0.562. The third-order valence-electron chi connectivity index (χ3n) is 3.75. The highest BCUT2D eigenvalue weighted by Crippen LogP contribution is 2.37. The lowest BCUT2D eigenvalue weighted by Gasteiger charge is -2.33. The van der Waals surface area contributed by atoms with Gasteiger partial charge in [-0.05, 0) is 24.0 Å². The van der Waals surface area contributed by atoms with E-state index in [4.69, 9.17) is 0 Å². The number of aryl methyl sites for hydroxylation is 1. The molecule has 0 heterocycles. The largest absolute Gasteiger partial charge is 0.469 e. The number of carbonyl (C=O) groups is 1. The molecule has 118 valence electrons. The van der Waals surface area contributed by atoms with Gasteiger partial charge in [0.25, 0.3) is 6.43 Å². The second-order valence-corrected chi connectivity index (χ2v) is 5.06. The van der Waals surface area contributed by atoms with E-state index in [0.29, 0.717) is 5.56 Å². The number of ether oxygens (including phenoxy) is 1. The minimum Gasteiger partial charge on any atom is -0.469 e. The van der Waals surface area contributed by atoms with Crippen LogP contribution in [-0.2, 0) is 21.6 Å². The third-order valence-corrected chi connectivity index (χ3v) is 3.75. The van der Waals surface area contributed by atoms with Gasteiger partial charge < -0.3 is 9.84 Å². The summed E-state index contributed by atoms with van der Waals surface area (Å²) in [6.45, 7) is 3.61. The van der Waals surface area contributed by atoms with E-state index in [2.05, 4.69) is 4.74 Å². The van der Waals surface area contributed by atoms with Gasteiger partial charge in [-0.1, -0.05) is 44.5 Å². The SMILES string of the molecule is CCCc1ccc(C(O)(CC)C(C(=O)OC)C(F)F)cc1. The molecule has 2 atom stereocenters. The minimum atomic E-state index is -3.00. The van der Waals surface area contributed by atoms with E-state index in [1.165, 1.54) is 0 Å². The summed E-state index contributed by atoms with van der Waals surface area (Å²) >= 11 is 0. The Morgan fingerprint density at radius 1 is 1.29 bits per heavy atom. The van der Waals surface area contributed by atoms with E-state index in [0.717, 1.165) is 25.5 Å². The van der Waals surface area contributed by atoms with Crippen molar-refractivity contribution in [2.45, 2.75) is 45.1 Å². The summed E-state index contributed by atoms with van der Waals surface area (Å²) in [5.74, 6) is -3.00. The van der Waals surface area contributed by atoms with Crippen LogP contribution in [0, 0.1) is 5.92 Å². The number of esters is 1. The Balaban J connectivity index is 3.19. The van der Waals surface area contributed by atoms with Crippen LogP contribution in [0.25, 0.3) is 0 Å². The Morgan fingerprint density at radius 2 is 1.86 bits per heavy atom. The summed E-state index contributed by atoms with van der Waals surface area (Å²) in [6.07, 6.45) is -1.17. The smallest absolute Gasteiger partial charge is 0.317 e. The highest BCUT2D eigenvalue weighted by molar-refractivity contribution is 5.74. The molecule has 0 radical (unpaired) electrons. The van der Waals surface area contributed by atoms with Crippen LogP contribution >= 0.6 is 0 Å². The van der Waals surface area contributed by atoms with E-state index >= 15 is 0 Å². The van der Waals surface area contributed by atoms with Crippen LogP contribution in [0.3, 0.4) is 0 Å². The molecule has 3 nitrogen and oxygen atoms in total. The predicted molar refractivity (Wildman–Crippen MR) is 76.1 cm³/mol. The van der Waals surface area contributed by atoms with Crippen LogP contribution in [0.4, 0.5) is 8.78 Å². The van der Waals surface area contributed by atoms with E-state index in [1.54, 1.807) is 31.2 Å². The van der Waals surface area contributed by atoms with Crippen molar-refractivity contribution in [1.29, 1.82) is 0 Å². The zero-order chi connectivity index (χ0) is 16.0. The number of alkyl halides is 2. The van der Waals surface area contributed by atoms with Gasteiger partial charge >= 0.3 is 5.97 Å². The van der Waals surface area contributed by atoms with Gasteiger partial charge in [0.15, 0.2) is 5.92 Å². The first kappa shape index (κ1) is 17.6. The van der Waals surface area contributed by atoms with Crippen LogP contribution in [0.5, 0.6) is 0 Å². The Labute approximate surface area is 123 Å². The van der Waals surface area contributed by atoms with Crippen molar-refractivity contribution in [1.82, 2.24) is 0 Å². The first-order valence-electron chi connectivity index (χ1n) is 7.08. The molecular weight excluding hydrogens is 278 g/mol. The average molecular weight is 300 g/mol.